The van der Waals surface area contributed by atoms with Gasteiger partial charge in [0.2, 0.25) is 5.91 Å². The summed E-state index contributed by atoms with van der Waals surface area (Å²) in [6.07, 6.45) is 0.536. The first-order valence-electron chi connectivity index (χ1n) is 4.75. The molecule has 0 unspecified atom stereocenters. The highest BCUT2D eigenvalue weighted by molar-refractivity contribution is 6.52. The predicted molar refractivity (Wildman–Crippen MR) is 62.4 cm³/mol. The van der Waals surface area contributed by atoms with E-state index in [0.29, 0.717) is 6.42 Å². The van der Waals surface area contributed by atoms with Gasteiger partial charge in [0.25, 0.3) is 0 Å². The fraction of sp³-hybridized carbons (Fsp3) is 0.364. The molecule has 0 heterocycles. The van der Waals surface area contributed by atoms with Gasteiger partial charge >= 0.3 is 0 Å². The molecule has 0 bridgehead atoms. The van der Waals surface area contributed by atoms with Crippen LogP contribution < -0.4 is 5.32 Å². The molecule has 1 aliphatic carbocycles. The Hall–Kier alpha value is -0.730. The molecule has 1 aromatic carbocycles. The summed E-state index contributed by atoms with van der Waals surface area (Å²) in [6.45, 7) is 1.94. The standard InChI is InChI=1S/C11H11Cl2NO/c1-7-4-2-3-5-9(7)14-10(15)8-6-11(8,12)13/h2-5,8H,6H2,1H3,(H,14,15)/t8-/m1/s1. The van der Waals surface area contributed by atoms with E-state index in [1.54, 1.807) is 0 Å². The summed E-state index contributed by atoms with van der Waals surface area (Å²) in [4.78, 5) is 11.7. The minimum atomic E-state index is -0.854. The molecule has 0 saturated heterocycles. The lowest BCUT2D eigenvalue weighted by Gasteiger charge is -2.07. The molecule has 2 nitrogen and oxygen atoms in total. The summed E-state index contributed by atoms with van der Waals surface area (Å²) in [6, 6.07) is 7.61. The van der Waals surface area contributed by atoms with Gasteiger partial charge in [0.15, 0.2) is 0 Å². The number of aryl methyl sites for hydroxylation is 1. The number of carbonyl (C=O) groups is 1. The fourth-order valence-electron chi connectivity index (χ4n) is 1.43. The van der Waals surface area contributed by atoms with Crippen LogP contribution in [-0.2, 0) is 4.79 Å². The van der Waals surface area contributed by atoms with Crippen LogP contribution in [0, 0.1) is 12.8 Å². The highest BCUT2D eigenvalue weighted by atomic mass is 35.5. The molecule has 1 amide bonds. The molecule has 0 radical (unpaired) electrons. The van der Waals surface area contributed by atoms with Crippen LogP contribution >= 0.6 is 23.2 Å². The molecule has 0 aromatic heterocycles. The van der Waals surface area contributed by atoms with Crippen molar-refractivity contribution in [3.63, 3.8) is 0 Å². The van der Waals surface area contributed by atoms with Crippen LogP contribution in [0.2, 0.25) is 0 Å². The number of benzene rings is 1. The number of hydrogen-bond acceptors (Lipinski definition) is 1. The van der Waals surface area contributed by atoms with Crippen LogP contribution in [0.15, 0.2) is 24.3 Å². The Balaban J connectivity index is 2.05. The maximum absolute atomic E-state index is 11.7. The zero-order chi connectivity index (χ0) is 11.1. The van der Waals surface area contributed by atoms with Crippen molar-refractivity contribution in [2.75, 3.05) is 5.32 Å². The van der Waals surface area contributed by atoms with Crippen LogP contribution in [0.3, 0.4) is 0 Å². The quantitative estimate of drug-likeness (QED) is 0.795. The van der Waals surface area contributed by atoms with Crippen molar-refractivity contribution in [2.45, 2.75) is 17.7 Å². The summed E-state index contributed by atoms with van der Waals surface area (Å²) in [7, 11) is 0. The van der Waals surface area contributed by atoms with Crippen LogP contribution in [0.1, 0.15) is 12.0 Å². The Morgan fingerprint density at radius 2 is 2.07 bits per heavy atom. The van der Waals surface area contributed by atoms with Gasteiger partial charge in [-0.2, -0.15) is 0 Å². The van der Waals surface area contributed by atoms with Crippen molar-refractivity contribution < 1.29 is 4.79 Å². The SMILES string of the molecule is Cc1ccccc1NC(=O)[C@H]1CC1(Cl)Cl. The average molecular weight is 244 g/mol. The van der Waals surface area contributed by atoms with Crippen LogP contribution in [0.5, 0.6) is 0 Å². The number of alkyl halides is 2. The highest BCUT2D eigenvalue weighted by Crippen LogP contribution is 2.53. The Kier molecular flexibility index (Phi) is 2.65. The van der Waals surface area contributed by atoms with E-state index in [-0.39, 0.29) is 11.8 Å². The van der Waals surface area contributed by atoms with Gasteiger partial charge in [-0.05, 0) is 25.0 Å². The summed E-state index contributed by atoms with van der Waals surface area (Å²) >= 11 is 11.6. The van der Waals surface area contributed by atoms with Crippen molar-refractivity contribution in [3.8, 4) is 0 Å². The van der Waals surface area contributed by atoms with E-state index in [1.165, 1.54) is 0 Å². The van der Waals surface area contributed by atoms with Gasteiger partial charge in [-0.25, -0.2) is 0 Å². The first kappa shape index (κ1) is 10.8. The third kappa shape index (κ3) is 2.27. The molecular formula is C11H11Cl2NO. The monoisotopic (exact) mass is 243 g/mol. The maximum Gasteiger partial charge on any atom is 0.230 e. The van der Waals surface area contributed by atoms with Crippen LogP contribution in [-0.4, -0.2) is 10.2 Å². The molecule has 4 heteroatoms. The molecule has 0 aliphatic heterocycles. The number of hydrogen-bond donors (Lipinski definition) is 1. The Bertz CT molecular complexity index is 403. The second kappa shape index (κ2) is 3.69. The van der Waals surface area contributed by atoms with Crippen molar-refractivity contribution in [2.24, 2.45) is 5.92 Å². The second-order valence-corrected chi connectivity index (χ2v) is 5.36. The molecular weight excluding hydrogens is 233 g/mol. The van der Waals surface area contributed by atoms with E-state index in [1.807, 2.05) is 31.2 Å². The number of anilines is 1. The first-order chi connectivity index (χ1) is 7.00. The Morgan fingerprint density at radius 3 is 2.60 bits per heavy atom. The third-order valence-electron chi connectivity index (χ3n) is 2.55. The van der Waals surface area contributed by atoms with Gasteiger partial charge in [0, 0.05) is 5.69 Å². The molecule has 1 N–H and O–H groups in total. The van der Waals surface area contributed by atoms with Gasteiger partial charge in [0.1, 0.15) is 4.33 Å². The number of amides is 1. The zero-order valence-corrected chi connectivity index (χ0v) is 9.77. The predicted octanol–water partition coefficient (Wildman–Crippen LogP) is 3.13. The van der Waals surface area contributed by atoms with E-state index in [4.69, 9.17) is 23.2 Å². The summed E-state index contributed by atoms with van der Waals surface area (Å²) in [5, 5.41) is 2.82. The second-order valence-electron chi connectivity index (χ2n) is 3.82. The lowest BCUT2D eigenvalue weighted by atomic mass is 10.2. The van der Waals surface area contributed by atoms with Crippen molar-refractivity contribution in [3.05, 3.63) is 29.8 Å². The summed E-state index contributed by atoms with van der Waals surface area (Å²) < 4.78 is -0.854. The van der Waals surface area contributed by atoms with Crippen LogP contribution in [0.25, 0.3) is 0 Å². The highest BCUT2D eigenvalue weighted by Gasteiger charge is 2.56. The number of para-hydroxylation sites is 1. The minimum absolute atomic E-state index is 0.102. The van der Waals surface area contributed by atoms with Crippen molar-refractivity contribution >= 4 is 34.8 Å². The summed E-state index contributed by atoms with van der Waals surface area (Å²) in [5.74, 6) is -0.380. The number of rotatable bonds is 2. The maximum atomic E-state index is 11.7. The summed E-state index contributed by atoms with van der Waals surface area (Å²) in [5.41, 5.74) is 1.85. The number of carbonyl (C=O) groups excluding carboxylic acids is 1. The molecule has 1 aromatic rings. The topological polar surface area (TPSA) is 29.1 Å². The van der Waals surface area contributed by atoms with E-state index < -0.39 is 4.33 Å². The van der Waals surface area contributed by atoms with Crippen molar-refractivity contribution in [1.29, 1.82) is 0 Å². The molecule has 0 spiro atoms. The Morgan fingerprint density at radius 1 is 1.47 bits per heavy atom. The molecule has 1 atom stereocenters. The third-order valence-corrected chi connectivity index (χ3v) is 3.38. The first-order valence-corrected chi connectivity index (χ1v) is 5.50. The number of halogens is 2. The number of nitrogens with one attached hydrogen (secondary N) is 1. The molecule has 2 rings (SSSR count). The molecule has 80 valence electrons. The molecule has 1 aliphatic rings. The van der Waals surface area contributed by atoms with Crippen LogP contribution in [0.4, 0.5) is 5.69 Å². The molecule has 1 fully saturated rings. The van der Waals surface area contributed by atoms with E-state index in [9.17, 15) is 4.79 Å². The largest absolute Gasteiger partial charge is 0.326 e. The molecule has 1 saturated carbocycles. The lowest BCUT2D eigenvalue weighted by Crippen LogP contribution is -2.17. The van der Waals surface area contributed by atoms with E-state index in [2.05, 4.69) is 5.32 Å². The van der Waals surface area contributed by atoms with Gasteiger partial charge in [0.05, 0.1) is 5.92 Å². The smallest absolute Gasteiger partial charge is 0.230 e. The average Bonchev–Trinajstić information content (AvgIpc) is 2.79. The van der Waals surface area contributed by atoms with Gasteiger partial charge in [-0.15, -0.1) is 23.2 Å². The normalized spacial score (nSPS) is 22.2. The van der Waals surface area contributed by atoms with E-state index in [0.717, 1.165) is 11.3 Å². The van der Waals surface area contributed by atoms with Crippen molar-refractivity contribution in [1.82, 2.24) is 0 Å². The van der Waals surface area contributed by atoms with Gasteiger partial charge in [-0.3, -0.25) is 4.79 Å². The van der Waals surface area contributed by atoms with E-state index >= 15 is 0 Å². The fourth-order valence-corrected chi connectivity index (χ4v) is 1.94. The molecule has 15 heavy (non-hydrogen) atoms. The van der Waals surface area contributed by atoms with Gasteiger partial charge in [-0.1, -0.05) is 18.2 Å². The zero-order valence-electron chi connectivity index (χ0n) is 8.26. The van der Waals surface area contributed by atoms with Gasteiger partial charge < -0.3 is 5.32 Å². The lowest BCUT2D eigenvalue weighted by molar-refractivity contribution is -0.117. The minimum Gasteiger partial charge on any atom is -0.326 e. The Labute approximate surface area is 98.6 Å².